The van der Waals surface area contributed by atoms with Crippen LogP contribution in [-0.2, 0) is 16.6 Å². The van der Waals surface area contributed by atoms with Crippen molar-refractivity contribution in [2.24, 2.45) is 7.05 Å². The number of amides is 2. The average Bonchev–Trinajstić information content (AvgIpc) is 2.99. The zero-order valence-electron chi connectivity index (χ0n) is 15.7. The highest BCUT2D eigenvalue weighted by Gasteiger charge is 2.32. The lowest BCUT2D eigenvalue weighted by atomic mass is 9.92. The minimum Gasteiger partial charge on any atom is -0.370 e. The Kier molecular flexibility index (Phi) is 5.72. The number of rotatable bonds is 3. The molecule has 2 amide bonds. The summed E-state index contributed by atoms with van der Waals surface area (Å²) < 4.78 is 1.88. The summed E-state index contributed by atoms with van der Waals surface area (Å²) in [6, 6.07) is 6.68. The molecule has 2 aliphatic rings. The van der Waals surface area contributed by atoms with E-state index in [9.17, 15) is 9.59 Å². The third-order valence-electron chi connectivity index (χ3n) is 5.68. The molecule has 0 radical (unpaired) electrons. The number of halogens is 1. The highest BCUT2D eigenvalue weighted by atomic mass is 35.5. The van der Waals surface area contributed by atoms with Crippen molar-refractivity contribution in [1.29, 1.82) is 0 Å². The van der Waals surface area contributed by atoms with Crippen LogP contribution in [0.1, 0.15) is 37.3 Å². The van der Waals surface area contributed by atoms with Crippen LogP contribution in [0.4, 0.5) is 5.69 Å². The number of imide groups is 1. The van der Waals surface area contributed by atoms with Gasteiger partial charge in [-0.05, 0) is 38.4 Å². The lowest BCUT2D eigenvalue weighted by Gasteiger charge is -2.33. The molecule has 27 heavy (non-hydrogen) atoms. The van der Waals surface area contributed by atoms with Crippen LogP contribution in [0.3, 0.4) is 0 Å². The predicted molar refractivity (Wildman–Crippen MR) is 107 cm³/mol. The van der Waals surface area contributed by atoms with Crippen LogP contribution in [-0.4, -0.2) is 47.8 Å². The van der Waals surface area contributed by atoms with E-state index in [2.05, 4.69) is 33.7 Å². The minimum absolute atomic E-state index is 0. The van der Waals surface area contributed by atoms with Gasteiger partial charge < -0.3 is 10.2 Å². The van der Waals surface area contributed by atoms with Gasteiger partial charge in [0.25, 0.3) is 0 Å². The maximum atomic E-state index is 12.3. The summed E-state index contributed by atoms with van der Waals surface area (Å²) in [7, 11) is 4.07. The zero-order chi connectivity index (χ0) is 18.3. The molecule has 1 aromatic heterocycles. The van der Waals surface area contributed by atoms with E-state index in [-0.39, 0.29) is 30.1 Å². The smallest absolute Gasteiger partial charge is 0.235 e. The van der Waals surface area contributed by atoms with Gasteiger partial charge in [-0.2, -0.15) is 5.10 Å². The van der Waals surface area contributed by atoms with E-state index in [1.165, 1.54) is 0 Å². The van der Waals surface area contributed by atoms with Crippen LogP contribution in [0.25, 0.3) is 10.9 Å². The molecule has 1 aromatic carbocycles. The fourth-order valence-corrected chi connectivity index (χ4v) is 4.23. The zero-order valence-corrected chi connectivity index (χ0v) is 16.5. The van der Waals surface area contributed by atoms with Crippen LogP contribution in [0.2, 0.25) is 0 Å². The minimum atomic E-state index is -0.365. The first-order valence-corrected chi connectivity index (χ1v) is 9.29. The standard InChI is InChI=1S/C19H25N5O2.ClH/c1-23(12-8-10-20-11-9-12)15-5-3-4-13-17(22-24(2)18(13)15)14-6-7-16(25)21-19(14)26;/h3-5,12,14,20H,6-11H2,1-2H3,(H,21,25,26);1H. The number of para-hydroxylation sites is 1. The van der Waals surface area contributed by atoms with Crippen molar-refractivity contribution >= 4 is 40.8 Å². The molecule has 0 aliphatic carbocycles. The maximum Gasteiger partial charge on any atom is 0.235 e. The monoisotopic (exact) mass is 391 g/mol. The van der Waals surface area contributed by atoms with Gasteiger partial charge in [-0.25, -0.2) is 0 Å². The molecule has 146 valence electrons. The molecule has 2 N–H and O–H groups in total. The quantitative estimate of drug-likeness (QED) is 0.778. The molecule has 0 saturated carbocycles. The second kappa shape index (κ2) is 7.86. The van der Waals surface area contributed by atoms with E-state index in [1.807, 2.05) is 23.9 Å². The van der Waals surface area contributed by atoms with E-state index >= 15 is 0 Å². The van der Waals surface area contributed by atoms with Crippen LogP contribution in [0.5, 0.6) is 0 Å². The number of fused-ring (bicyclic) bond motifs is 1. The van der Waals surface area contributed by atoms with E-state index in [4.69, 9.17) is 0 Å². The van der Waals surface area contributed by atoms with Crippen LogP contribution in [0, 0.1) is 0 Å². The van der Waals surface area contributed by atoms with Gasteiger partial charge in [-0.3, -0.25) is 19.6 Å². The van der Waals surface area contributed by atoms with Gasteiger partial charge in [0.05, 0.1) is 22.8 Å². The summed E-state index contributed by atoms with van der Waals surface area (Å²) in [5.41, 5.74) is 2.96. The Morgan fingerprint density at radius 3 is 2.63 bits per heavy atom. The Bertz CT molecular complexity index is 859. The number of piperidine rings is 2. The molecule has 2 saturated heterocycles. The lowest BCUT2D eigenvalue weighted by molar-refractivity contribution is -0.134. The van der Waals surface area contributed by atoms with Crippen molar-refractivity contribution in [3.8, 4) is 0 Å². The molecule has 8 heteroatoms. The summed E-state index contributed by atoms with van der Waals surface area (Å²) in [6.07, 6.45) is 3.11. The van der Waals surface area contributed by atoms with Crippen LogP contribution in [0.15, 0.2) is 18.2 Å². The highest BCUT2D eigenvalue weighted by molar-refractivity contribution is 6.03. The molecule has 3 heterocycles. The van der Waals surface area contributed by atoms with Crippen molar-refractivity contribution < 1.29 is 9.59 Å². The first kappa shape index (κ1) is 19.6. The fourth-order valence-electron chi connectivity index (χ4n) is 4.23. The molecule has 7 nitrogen and oxygen atoms in total. The Morgan fingerprint density at radius 1 is 1.19 bits per heavy atom. The molecule has 2 fully saturated rings. The lowest BCUT2D eigenvalue weighted by Crippen LogP contribution is -2.41. The van der Waals surface area contributed by atoms with Gasteiger partial charge in [0.2, 0.25) is 11.8 Å². The Balaban J connectivity index is 0.00000210. The molecule has 1 unspecified atom stereocenters. The van der Waals surface area contributed by atoms with Crippen LogP contribution < -0.4 is 15.5 Å². The first-order chi connectivity index (χ1) is 12.6. The largest absolute Gasteiger partial charge is 0.370 e. The molecular formula is C19H26ClN5O2. The van der Waals surface area contributed by atoms with Crippen molar-refractivity contribution in [3.63, 3.8) is 0 Å². The average molecular weight is 392 g/mol. The Hall–Kier alpha value is -2.12. The van der Waals surface area contributed by atoms with E-state index in [1.54, 1.807) is 0 Å². The molecule has 0 bridgehead atoms. The number of hydrogen-bond donors (Lipinski definition) is 2. The van der Waals surface area contributed by atoms with Crippen molar-refractivity contribution in [2.75, 3.05) is 25.0 Å². The Labute approximate surface area is 164 Å². The van der Waals surface area contributed by atoms with Gasteiger partial charge in [0, 0.05) is 31.9 Å². The van der Waals surface area contributed by atoms with Gasteiger partial charge in [-0.15, -0.1) is 12.4 Å². The predicted octanol–water partition coefficient (Wildman–Crippen LogP) is 1.70. The van der Waals surface area contributed by atoms with Gasteiger partial charge >= 0.3 is 0 Å². The number of aryl methyl sites for hydroxylation is 1. The second-order valence-corrected chi connectivity index (χ2v) is 7.28. The third kappa shape index (κ3) is 3.53. The summed E-state index contributed by atoms with van der Waals surface area (Å²) in [6.45, 7) is 2.08. The van der Waals surface area contributed by atoms with E-state index in [0.29, 0.717) is 18.9 Å². The molecule has 1 atom stereocenters. The van der Waals surface area contributed by atoms with Crippen molar-refractivity contribution in [2.45, 2.75) is 37.6 Å². The summed E-state index contributed by atoms with van der Waals surface area (Å²) in [5, 5.41) is 11.5. The number of nitrogens with one attached hydrogen (secondary N) is 2. The number of anilines is 1. The Morgan fingerprint density at radius 2 is 1.93 bits per heavy atom. The van der Waals surface area contributed by atoms with E-state index < -0.39 is 0 Å². The first-order valence-electron chi connectivity index (χ1n) is 9.29. The molecule has 2 aromatic rings. The second-order valence-electron chi connectivity index (χ2n) is 7.28. The number of nitrogens with zero attached hydrogens (tertiary/aromatic N) is 3. The molecular weight excluding hydrogens is 366 g/mol. The molecule has 2 aliphatic heterocycles. The van der Waals surface area contributed by atoms with Crippen molar-refractivity contribution in [3.05, 3.63) is 23.9 Å². The topological polar surface area (TPSA) is 79.3 Å². The SMILES string of the molecule is CN(c1cccc2c(C3CCC(=O)NC3=O)nn(C)c12)C1CCNCC1.Cl. The maximum absolute atomic E-state index is 12.3. The fraction of sp³-hybridized carbons (Fsp3) is 0.526. The summed E-state index contributed by atoms with van der Waals surface area (Å²) >= 11 is 0. The number of hydrogen-bond acceptors (Lipinski definition) is 5. The third-order valence-corrected chi connectivity index (χ3v) is 5.68. The molecule has 4 rings (SSSR count). The van der Waals surface area contributed by atoms with E-state index in [0.717, 1.165) is 48.2 Å². The number of aromatic nitrogens is 2. The summed E-state index contributed by atoms with van der Waals surface area (Å²) in [5.74, 6) is -0.799. The van der Waals surface area contributed by atoms with Gasteiger partial charge in [0.1, 0.15) is 0 Å². The number of benzene rings is 1. The summed E-state index contributed by atoms with van der Waals surface area (Å²) in [4.78, 5) is 26.1. The van der Waals surface area contributed by atoms with Gasteiger partial charge in [-0.1, -0.05) is 12.1 Å². The highest BCUT2D eigenvalue weighted by Crippen LogP contribution is 2.35. The number of carbonyl (C=O) groups is 2. The normalized spacial score (nSPS) is 21.0. The molecule has 0 spiro atoms. The van der Waals surface area contributed by atoms with Gasteiger partial charge in [0.15, 0.2) is 0 Å². The van der Waals surface area contributed by atoms with Crippen LogP contribution >= 0.6 is 12.4 Å². The van der Waals surface area contributed by atoms with Crippen molar-refractivity contribution in [1.82, 2.24) is 20.4 Å². The number of carbonyl (C=O) groups excluding carboxylic acids is 2.